The maximum atomic E-state index is 13.3. The van der Waals surface area contributed by atoms with E-state index in [1.54, 1.807) is 55.0 Å². The fourth-order valence-electron chi connectivity index (χ4n) is 2.81. The van der Waals surface area contributed by atoms with Gasteiger partial charge in [0.1, 0.15) is 5.82 Å². The van der Waals surface area contributed by atoms with Crippen molar-refractivity contribution in [3.8, 4) is 0 Å². The molecule has 1 atom stereocenters. The van der Waals surface area contributed by atoms with Gasteiger partial charge in [-0.1, -0.05) is 24.3 Å². The highest BCUT2D eigenvalue weighted by molar-refractivity contribution is 6.02. The Hall–Kier alpha value is -3.54. The quantitative estimate of drug-likeness (QED) is 0.566. The summed E-state index contributed by atoms with van der Waals surface area (Å²) in [4.78, 5) is 16.8. The summed E-state index contributed by atoms with van der Waals surface area (Å²) in [7, 11) is 0. The van der Waals surface area contributed by atoms with E-state index in [9.17, 15) is 9.18 Å². The van der Waals surface area contributed by atoms with E-state index < -0.39 is 12.1 Å². The predicted molar refractivity (Wildman–Crippen MR) is 94.0 cm³/mol. The number of H-pyrrole nitrogens is 1. The van der Waals surface area contributed by atoms with Crippen molar-refractivity contribution in [1.82, 2.24) is 15.2 Å². The predicted octanol–water partition coefficient (Wildman–Crippen LogP) is 4.04. The van der Waals surface area contributed by atoms with E-state index in [0.29, 0.717) is 16.6 Å². The van der Waals surface area contributed by atoms with E-state index in [-0.39, 0.29) is 5.82 Å². The largest absolute Gasteiger partial charge is 0.449 e. The van der Waals surface area contributed by atoms with Crippen molar-refractivity contribution in [3.63, 3.8) is 0 Å². The number of rotatable bonds is 4. The number of ether oxygens (including phenoxy) is 1. The minimum Gasteiger partial charge on any atom is -0.449 e. The number of benzene rings is 2. The fraction of sp³-hybridized carbons (Fsp3) is 0.0500. The van der Waals surface area contributed by atoms with E-state index in [1.807, 2.05) is 6.07 Å². The van der Waals surface area contributed by atoms with Crippen molar-refractivity contribution < 1.29 is 13.9 Å². The molecule has 26 heavy (non-hydrogen) atoms. The zero-order chi connectivity index (χ0) is 17.9. The van der Waals surface area contributed by atoms with Crippen molar-refractivity contribution in [3.05, 3.63) is 95.7 Å². The van der Waals surface area contributed by atoms with Crippen LogP contribution < -0.4 is 0 Å². The Bertz CT molecular complexity index is 1050. The molecule has 128 valence electrons. The van der Waals surface area contributed by atoms with Gasteiger partial charge in [0.25, 0.3) is 0 Å². The standard InChI is InChI=1S/C20H14FN3O2/c21-16-6-4-13(5-7-16)19(14-8-10-22-11-9-14)26-20(25)17-3-1-2-15-12-23-24-18(15)17/h1-12,19H,(H,23,24)/t19-/m1/s1. The average Bonchev–Trinajstić information content (AvgIpc) is 3.16. The van der Waals surface area contributed by atoms with Crippen molar-refractivity contribution in [2.24, 2.45) is 0 Å². The van der Waals surface area contributed by atoms with Gasteiger partial charge in [-0.2, -0.15) is 5.10 Å². The van der Waals surface area contributed by atoms with Gasteiger partial charge in [0.05, 0.1) is 17.3 Å². The molecule has 0 amide bonds. The maximum absolute atomic E-state index is 13.3. The Balaban J connectivity index is 1.72. The first-order chi connectivity index (χ1) is 12.7. The number of para-hydroxylation sites is 1. The zero-order valence-corrected chi connectivity index (χ0v) is 13.6. The van der Waals surface area contributed by atoms with E-state index in [4.69, 9.17) is 4.74 Å². The Kier molecular flexibility index (Phi) is 4.15. The normalized spacial score (nSPS) is 12.0. The molecule has 4 aromatic rings. The van der Waals surface area contributed by atoms with Crippen LogP contribution in [-0.2, 0) is 4.74 Å². The lowest BCUT2D eigenvalue weighted by Crippen LogP contribution is -2.13. The summed E-state index contributed by atoms with van der Waals surface area (Å²) in [5, 5.41) is 7.61. The van der Waals surface area contributed by atoms with Crippen LogP contribution in [0, 0.1) is 5.82 Å². The number of hydrogen-bond donors (Lipinski definition) is 1. The summed E-state index contributed by atoms with van der Waals surface area (Å²) < 4.78 is 19.1. The molecule has 0 spiro atoms. The summed E-state index contributed by atoms with van der Waals surface area (Å²) in [5.41, 5.74) is 2.42. The molecule has 0 radical (unpaired) electrons. The second kappa shape index (κ2) is 6.76. The van der Waals surface area contributed by atoms with Crippen molar-refractivity contribution in [1.29, 1.82) is 0 Å². The Labute approximate surface area is 148 Å². The number of carbonyl (C=O) groups excluding carboxylic acids is 1. The summed E-state index contributed by atoms with van der Waals surface area (Å²) in [6, 6.07) is 14.7. The Morgan fingerprint density at radius 3 is 2.50 bits per heavy atom. The number of aromatic amines is 1. The third-order valence-corrected chi connectivity index (χ3v) is 4.10. The molecule has 0 aliphatic heterocycles. The van der Waals surface area contributed by atoms with Crippen LogP contribution in [0.25, 0.3) is 10.9 Å². The van der Waals surface area contributed by atoms with E-state index in [1.165, 1.54) is 12.1 Å². The van der Waals surface area contributed by atoms with Crippen LogP contribution in [0.15, 0.2) is 73.2 Å². The van der Waals surface area contributed by atoms with Crippen LogP contribution in [0.4, 0.5) is 4.39 Å². The summed E-state index contributed by atoms with van der Waals surface area (Å²) >= 11 is 0. The molecule has 4 rings (SSSR count). The molecule has 6 heteroatoms. The molecule has 0 aliphatic carbocycles. The molecule has 0 saturated carbocycles. The first-order valence-corrected chi connectivity index (χ1v) is 8.01. The van der Waals surface area contributed by atoms with Gasteiger partial charge in [-0.25, -0.2) is 9.18 Å². The van der Waals surface area contributed by atoms with Crippen molar-refractivity contribution in [2.75, 3.05) is 0 Å². The second-order valence-electron chi connectivity index (χ2n) is 5.76. The number of nitrogens with one attached hydrogen (secondary N) is 1. The molecule has 5 nitrogen and oxygen atoms in total. The molecular weight excluding hydrogens is 333 g/mol. The highest BCUT2D eigenvalue weighted by Crippen LogP contribution is 2.28. The van der Waals surface area contributed by atoms with Gasteiger partial charge in [0.2, 0.25) is 0 Å². The molecule has 2 heterocycles. The molecule has 0 bridgehead atoms. The van der Waals surface area contributed by atoms with Gasteiger partial charge >= 0.3 is 5.97 Å². The zero-order valence-electron chi connectivity index (χ0n) is 13.6. The molecule has 0 fully saturated rings. The van der Waals surface area contributed by atoms with Gasteiger partial charge in [-0.15, -0.1) is 0 Å². The first kappa shape index (κ1) is 16.0. The number of carbonyl (C=O) groups is 1. The maximum Gasteiger partial charge on any atom is 0.341 e. The molecule has 2 aromatic heterocycles. The smallest absolute Gasteiger partial charge is 0.341 e. The van der Waals surface area contributed by atoms with E-state index >= 15 is 0 Å². The monoisotopic (exact) mass is 347 g/mol. The number of nitrogens with zero attached hydrogens (tertiary/aromatic N) is 2. The van der Waals surface area contributed by atoms with Crippen LogP contribution >= 0.6 is 0 Å². The second-order valence-corrected chi connectivity index (χ2v) is 5.76. The SMILES string of the molecule is O=C(O[C@@H](c1ccncc1)c1ccc(F)cc1)c1cccc2cn[nH]c12. The highest BCUT2D eigenvalue weighted by Gasteiger charge is 2.22. The van der Waals surface area contributed by atoms with Gasteiger partial charge in [0.15, 0.2) is 6.10 Å². The van der Waals surface area contributed by atoms with Crippen LogP contribution in [0.5, 0.6) is 0 Å². The number of aromatic nitrogens is 3. The third-order valence-electron chi connectivity index (χ3n) is 4.10. The number of halogens is 1. The van der Waals surface area contributed by atoms with Crippen LogP contribution in [0.3, 0.4) is 0 Å². The highest BCUT2D eigenvalue weighted by atomic mass is 19.1. The average molecular weight is 347 g/mol. The lowest BCUT2D eigenvalue weighted by molar-refractivity contribution is 0.0380. The minimum atomic E-state index is -0.677. The lowest BCUT2D eigenvalue weighted by Gasteiger charge is -2.19. The number of esters is 1. The topological polar surface area (TPSA) is 67.9 Å². The molecule has 1 N–H and O–H groups in total. The third kappa shape index (κ3) is 3.04. The van der Waals surface area contributed by atoms with Gasteiger partial charge < -0.3 is 4.74 Å². The van der Waals surface area contributed by atoms with E-state index in [2.05, 4.69) is 15.2 Å². The molecule has 0 unspecified atom stereocenters. The van der Waals surface area contributed by atoms with Gasteiger partial charge in [0, 0.05) is 23.3 Å². The van der Waals surface area contributed by atoms with E-state index in [0.717, 1.165) is 10.9 Å². The first-order valence-electron chi connectivity index (χ1n) is 8.01. The number of pyridine rings is 1. The molecule has 0 saturated heterocycles. The van der Waals surface area contributed by atoms with Gasteiger partial charge in [-0.05, 0) is 35.9 Å². The van der Waals surface area contributed by atoms with Crippen molar-refractivity contribution in [2.45, 2.75) is 6.10 Å². The molecular formula is C20H14FN3O2. The van der Waals surface area contributed by atoms with Crippen LogP contribution in [0.1, 0.15) is 27.6 Å². The van der Waals surface area contributed by atoms with Crippen LogP contribution in [0.2, 0.25) is 0 Å². The molecule has 0 aliphatic rings. The fourth-order valence-corrected chi connectivity index (χ4v) is 2.81. The summed E-state index contributed by atoms with van der Waals surface area (Å²) in [6.07, 6.45) is 4.21. The molecule has 2 aromatic carbocycles. The number of hydrogen-bond acceptors (Lipinski definition) is 4. The van der Waals surface area contributed by atoms with Crippen LogP contribution in [-0.4, -0.2) is 21.2 Å². The lowest BCUT2D eigenvalue weighted by atomic mass is 10.0. The Morgan fingerprint density at radius 2 is 1.73 bits per heavy atom. The van der Waals surface area contributed by atoms with Crippen molar-refractivity contribution >= 4 is 16.9 Å². The Morgan fingerprint density at radius 1 is 1.00 bits per heavy atom. The van der Waals surface area contributed by atoms with Gasteiger partial charge in [-0.3, -0.25) is 10.1 Å². The summed E-state index contributed by atoms with van der Waals surface area (Å²) in [6.45, 7) is 0. The number of fused-ring (bicyclic) bond motifs is 1. The minimum absolute atomic E-state index is 0.351. The summed E-state index contributed by atoms with van der Waals surface area (Å²) in [5.74, 6) is -0.846.